The van der Waals surface area contributed by atoms with Crippen LogP contribution < -0.4 is 0 Å². The zero-order chi connectivity index (χ0) is 26.8. The number of nitrogens with zero attached hydrogens (tertiary/aromatic N) is 1. The van der Waals surface area contributed by atoms with Crippen LogP contribution in [-0.4, -0.2) is 29.9 Å². The van der Waals surface area contributed by atoms with Gasteiger partial charge >= 0.3 is 21.7 Å². The molecule has 0 N–H and O–H groups in total. The second-order valence-electron chi connectivity index (χ2n) is 14.6. The van der Waals surface area contributed by atoms with Crippen LogP contribution in [0.1, 0.15) is 56.6 Å². The van der Waals surface area contributed by atoms with E-state index in [0.717, 1.165) is 5.54 Å². The van der Waals surface area contributed by atoms with Gasteiger partial charge in [-0.3, -0.25) is 0 Å². The monoisotopic (exact) mass is 585 g/mol. The summed E-state index contributed by atoms with van der Waals surface area (Å²) in [6, 6.07) is 18.2. The molecule has 0 amide bonds. The molecule has 204 valence electrons. The summed E-state index contributed by atoms with van der Waals surface area (Å²) in [5.41, 5.74) is 6.95. The summed E-state index contributed by atoms with van der Waals surface area (Å²) in [6.07, 6.45) is 2.63. The van der Waals surface area contributed by atoms with Gasteiger partial charge in [0, 0.05) is 0 Å². The van der Waals surface area contributed by atoms with Gasteiger partial charge in [-0.2, -0.15) is 0 Å². The molecule has 5 heteroatoms. The van der Waals surface area contributed by atoms with Gasteiger partial charge in [-0.15, -0.1) is 21.7 Å². The average Bonchev–Trinajstić information content (AvgIpc) is 3.11. The van der Waals surface area contributed by atoms with Gasteiger partial charge in [-0.25, -0.2) is 0 Å². The maximum atomic E-state index is 5.33. The molecule has 2 aliphatic carbocycles. The van der Waals surface area contributed by atoms with Crippen LogP contribution in [0.2, 0.25) is 57.9 Å². The summed E-state index contributed by atoms with van der Waals surface area (Å²) in [4.78, 5) is 5.33. The fraction of sp³-hybridized carbons (Fsp3) is 0.531. The molecule has 37 heavy (non-hydrogen) atoms. The van der Waals surface area contributed by atoms with E-state index in [9.17, 15) is 0 Å². The summed E-state index contributed by atoms with van der Waals surface area (Å²) in [5, 5.41) is 0. The first-order chi connectivity index (χ1) is 15.8. The van der Waals surface area contributed by atoms with E-state index in [1.165, 1.54) is 24.0 Å². The summed E-state index contributed by atoms with van der Waals surface area (Å²) in [6.45, 7) is 32.9. The Labute approximate surface area is 250 Å². The maximum Gasteiger partial charge on any atom is 4.00 e. The number of hydrogen-bond acceptors (Lipinski definition) is 0. The molecule has 1 saturated carbocycles. The maximum absolute atomic E-state index is 5.33. The summed E-state index contributed by atoms with van der Waals surface area (Å²) < 4.78 is 0. The second-order valence-corrected chi connectivity index (χ2v) is 29.2. The zero-order valence-corrected chi connectivity index (χ0v) is 30.7. The van der Waals surface area contributed by atoms with Crippen molar-refractivity contribution in [3.8, 4) is 11.1 Å². The number of hydrogen-bond donors (Lipinski definition) is 0. The van der Waals surface area contributed by atoms with Crippen LogP contribution in [0.15, 0.2) is 48.5 Å². The molecule has 0 heterocycles. The smallest absolute Gasteiger partial charge is 0.660 e. The Morgan fingerprint density at radius 2 is 0.973 bits per heavy atom. The standard InChI is InChI=1S/C23H30NSi.2C4H11Si.CH3.Ti/c1-23(2,3)24-25(4,5)16-14-21-19-12-8-6-10-17(19)18-11-7-9-13-20(18)22(21)15-16;2*1-5(2,3)4;;/h6-13,16,21-22H,14-15H2,1-5H3;2*1H2,2-4H3;1H3;/q4*-1;+4. The van der Waals surface area contributed by atoms with E-state index in [2.05, 4.69) is 135 Å². The Kier molecular flexibility index (Phi) is 13.8. The fourth-order valence-electron chi connectivity index (χ4n) is 5.39. The van der Waals surface area contributed by atoms with Crippen molar-refractivity contribution in [2.75, 3.05) is 0 Å². The minimum absolute atomic E-state index is 0. The van der Waals surface area contributed by atoms with E-state index >= 15 is 0 Å². The summed E-state index contributed by atoms with van der Waals surface area (Å²) in [5.74, 6) is 1.36. The molecular formula is C32H55NSi3Ti. The summed E-state index contributed by atoms with van der Waals surface area (Å²) >= 11 is 0. The molecule has 0 saturated heterocycles. The van der Waals surface area contributed by atoms with Crippen molar-refractivity contribution in [3.63, 3.8) is 0 Å². The first-order valence-electron chi connectivity index (χ1n) is 13.4. The molecular weight excluding hydrogens is 530 g/mol. The molecule has 1 fully saturated rings. The van der Waals surface area contributed by atoms with E-state index in [-0.39, 0.29) is 34.7 Å². The SMILES string of the molecule is CC(C)(C)[N-][Si](C)(C)C1CC2c3ccccc3-c3ccccc3C2C1.[CH2-][Si](C)(C)C.[CH2-][Si](C)(C)C.[CH3-].[Ti+4]. The quantitative estimate of drug-likeness (QED) is 0.246. The van der Waals surface area contributed by atoms with Crippen molar-refractivity contribution in [2.45, 2.75) is 109 Å². The van der Waals surface area contributed by atoms with Crippen LogP contribution in [0.3, 0.4) is 0 Å². The Hall–Kier alpha value is -0.235. The van der Waals surface area contributed by atoms with Crippen molar-refractivity contribution in [3.05, 3.63) is 85.2 Å². The molecule has 0 aliphatic heterocycles. The average molecular weight is 586 g/mol. The van der Waals surface area contributed by atoms with Crippen molar-refractivity contribution < 1.29 is 21.7 Å². The van der Waals surface area contributed by atoms with E-state index in [0.29, 0.717) is 11.8 Å². The van der Waals surface area contributed by atoms with Crippen LogP contribution >= 0.6 is 0 Å². The van der Waals surface area contributed by atoms with Crippen LogP contribution in [-0.2, 0) is 21.7 Å². The van der Waals surface area contributed by atoms with Gasteiger partial charge in [0.25, 0.3) is 0 Å². The van der Waals surface area contributed by atoms with Crippen LogP contribution in [0.4, 0.5) is 0 Å². The Bertz CT molecular complexity index is 889. The predicted molar refractivity (Wildman–Crippen MR) is 175 cm³/mol. The molecule has 0 bridgehead atoms. The molecule has 0 radical (unpaired) electrons. The van der Waals surface area contributed by atoms with Crippen LogP contribution in [0.25, 0.3) is 16.1 Å². The van der Waals surface area contributed by atoms with E-state index in [1.54, 1.807) is 11.1 Å². The molecule has 0 aromatic heterocycles. The Morgan fingerprint density at radius 3 is 1.27 bits per heavy atom. The van der Waals surface area contributed by atoms with Gasteiger partial charge in [-0.1, -0.05) is 135 Å². The van der Waals surface area contributed by atoms with Gasteiger partial charge in [0.2, 0.25) is 0 Å². The minimum Gasteiger partial charge on any atom is -0.660 e. The summed E-state index contributed by atoms with van der Waals surface area (Å²) in [7, 11) is -3.33. The third-order valence-electron chi connectivity index (χ3n) is 6.20. The normalized spacial score (nSPS) is 20.3. The third kappa shape index (κ3) is 12.2. The first kappa shape index (κ1) is 36.8. The van der Waals surface area contributed by atoms with E-state index < -0.39 is 24.4 Å². The van der Waals surface area contributed by atoms with Gasteiger partial charge in [0.05, 0.1) is 0 Å². The first-order valence-corrected chi connectivity index (χ1v) is 23.8. The van der Waals surface area contributed by atoms with Crippen LogP contribution in [0, 0.1) is 20.5 Å². The number of benzene rings is 2. The van der Waals surface area contributed by atoms with Crippen LogP contribution in [0.5, 0.6) is 0 Å². The Balaban J connectivity index is 0.000000930. The van der Waals surface area contributed by atoms with Crippen molar-refractivity contribution >= 4 is 24.4 Å². The van der Waals surface area contributed by atoms with Crippen molar-refractivity contribution in [2.24, 2.45) is 0 Å². The fourth-order valence-corrected chi connectivity index (χ4v) is 8.96. The molecule has 2 aromatic rings. The van der Waals surface area contributed by atoms with Crippen molar-refractivity contribution in [1.82, 2.24) is 0 Å². The Morgan fingerprint density at radius 1 is 0.676 bits per heavy atom. The zero-order valence-electron chi connectivity index (χ0n) is 26.1. The molecule has 2 aliphatic rings. The predicted octanol–water partition coefficient (Wildman–Crippen LogP) is 10.9. The van der Waals surface area contributed by atoms with Gasteiger partial charge < -0.3 is 25.5 Å². The van der Waals surface area contributed by atoms with Gasteiger partial charge in [0.15, 0.2) is 0 Å². The topological polar surface area (TPSA) is 14.1 Å². The molecule has 1 nitrogen and oxygen atoms in total. The van der Waals surface area contributed by atoms with Gasteiger partial charge in [0.1, 0.15) is 0 Å². The van der Waals surface area contributed by atoms with Gasteiger partial charge in [-0.05, 0) is 46.9 Å². The second kappa shape index (κ2) is 13.9. The molecule has 2 atom stereocenters. The minimum atomic E-state index is -1.61. The molecule has 0 spiro atoms. The molecule has 2 aromatic carbocycles. The van der Waals surface area contributed by atoms with E-state index in [4.69, 9.17) is 4.98 Å². The largest absolute Gasteiger partial charge is 4.00 e. The number of rotatable bonds is 2. The number of fused-ring (bicyclic) bond motifs is 6. The molecule has 4 rings (SSSR count). The third-order valence-corrected chi connectivity index (χ3v) is 9.91. The van der Waals surface area contributed by atoms with E-state index in [1.807, 2.05) is 0 Å². The molecule has 2 unspecified atom stereocenters. The van der Waals surface area contributed by atoms with Crippen molar-refractivity contribution in [1.29, 1.82) is 0 Å².